The number of hydrogen-bond donors (Lipinski definition) is 1. The lowest BCUT2D eigenvalue weighted by molar-refractivity contribution is 0.255. The lowest BCUT2D eigenvalue weighted by Crippen LogP contribution is -2.10. The Morgan fingerprint density at radius 1 is 1.24 bits per heavy atom. The molecule has 0 radical (unpaired) electrons. The Bertz CT molecular complexity index is 566. The first-order valence-corrected chi connectivity index (χ1v) is 7.21. The molecule has 5 heteroatoms. The fourth-order valence-electron chi connectivity index (χ4n) is 2.00. The van der Waals surface area contributed by atoms with Crippen molar-refractivity contribution in [3.8, 4) is 11.5 Å². The molecule has 21 heavy (non-hydrogen) atoms. The highest BCUT2D eigenvalue weighted by Crippen LogP contribution is 2.25. The van der Waals surface area contributed by atoms with Crippen molar-refractivity contribution < 1.29 is 14.6 Å². The molecule has 0 aliphatic rings. The third-order valence-electron chi connectivity index (χ3n) is 3.20. The molecule has 0 saturated carbocycles. The van der Waals surface area contributed by atoms with Gasteiger partial charge in [0.05, 0.1) is 19.8 Å². The van der Waals surface area contributed by atoms with Crippen molar-refractivity contribution in [1.29, 1.82) is 0 Å². The maximum Gasteiger partial charge on any atom is 0.128 e. The molecule has 0 aliphatic heterocycles. The lowest BCUT2D eigenvalue weighted by Gasteiger charge is -2.13. The number of nitrogens with zero attached hydrogens (tertiary/aromatic N) is 2. The van der Waals surface area contributed by atoms with Gasteiger partial charge in [-0.05, 0) is 25.5 Å². The Hall–Kier alpha value is -2.01. The number of aliphatic hydroxyl groups excluding tert-OH is 1. The summed E-state index contributed by atoms with van der Waals surface area (Å²) in [5, 5.41) is 9.38. The first kappa shape index (κ1) is 15.4. The summed E-state index contributed by atoms with van der Waals surface area (Å²) >= 11 is 0. The van der Waals surface area contributed by atoms with E-state index in [4.69, 9.17) is 9.47 Å². The van der Waals surface area contributed by atoms with Gasteiger partial charge in [-0.2, -0.15) is 0 Å². The van der Waals surface area contributed by atoms with Gasteiger partial charge in [0.1, 0.15) is 23.9 Å². The number of hydrogen-bond acceptors (Lipinski definition) is 4. The van der Waals surface area contributed by atoms with Gasteiger partial charge in [0.2, 0.25) is 0 Å². The average molecular weight is 290 g/mol. The molecule has 0 amide bonds. The van der Waals surface area contributed by atoms with E-state index in [1.54, 1.807) is 6.20 Å². The summed E-state index contributed by atoms with van der Waals surface area (Å²) < 4.78 is 13.4. The molecule has 0 bridgehead atoms. The zero-order chi connectivity index (χ0) is 15.1. The minimum absolute atomic E-state index is 0.0481. The van der Waals surface area contributed by atoms with Gasteiger partial charge in [-0.3, -0.25) is 0 Å². The second-order valence-corrected chi connectivity index (χ2v) is 4.79. The molecular weight excluding hydrogens is 268 g/mol. The summed E-state index contributed by atoms with van der Waals surface area (Å²) in [6.45, 7) is 5.88. The molecule has 0 spiro atoms. The molecule has 1 aromatic carbocycles. The summed E-state index contributed by atoms with van der Waals surface area (Å²) in [5.74, 6) is 2.40. The monoisotopic (exact) mass is 290 g/mol. The van der Waals surface area contributed by atoms with Crippen LogP contribution in [0.3, 0.4) is 0 Å². The van der Waals surface area contributed by atoms with Gasteiger partial charge < -0.3 is 19.1 Å². The fraction of sp³-hybridized carbons (Fsp3) is 0.438. The second-order valence-electron chi connectivity index (χ2n) is 4.79. The Labute approximate surface area is 125 Å². The van der Waals surface area contributed by atoms with Gasteiger partial charge in [-0.15, -0.1) is 0 Å². The van der Waals surface area contributed by atoms with Gasteiger partial charge in [0.15, 0.2) is 0 Å². The molecule has 0 atom stereocenters. The summed E-state index contributed by atoms with van der Waals surface area (Å²) in [6.07, 6.45) is 4.65. The Balaban J connectivity index is 1.98. The summed E-state index contributed by atoms with van der Waals surface area (Å²) in [6, 6.07) is 5.53. The van der Waals surface area contributed by atoms with E-state index in [0.717, 1.165) is 30.1 Å². The van der Waals surface area contributed by atoms with Crippen LogP contribution in [-0.4, -0.2) is 27.9 Å². The molecule has 0 fully saturated rings. The van der Waals surface area contributed by atoms with Crippen molar-refractivity contribution in [2.45, 2.75) is 33.4 Å². The zero-order valence-corrected chi connectivity index (χ0v) is 12.6. The van der Waals surface area contributed by atoms with Crippen LogP contribution in [0.15, 0.2) is 30.6 Å². The van der Waals surface area contributed by atoms with Gasteiger partial charge >= 0.3 is 0 Å². The quantitative estimate of drug-likeness (QED) is 0.811. The maximum atomic E-state index is 9.38. The topological polar surface area (TPSA) is 56.5 Å². The zero-order valence-electron chi connectivity index (χ0n) is 12.6. The molecule has 114 valence electrons. The highest BCUT2D eigenvalue weighted by atomic mass is 16.5. The molecule has 2 aromatic rings. The van der Waals surface area contributed by atoms with E-state index in [9.17, 15) is 5.11 Å². The molecule has 1 aromatic heterocycles. The Morgan fingerprint density at radius 3 is 2.76 bits per heavy atom. The van der Waals surface area contributed by atoms with Crippen molar-refractivity contribution in [2.24, 2.45) is 0 Å². The Morgan fingerprint density at radius 2 is 2.10 bits per heavy atom. The van der Waals surface area contributed by atoms with Crippen molar-refractivity contribution in [1.82, 2.24) is 9.55 Å². The van der Waals surface area contributed by atoms with Crippen LogP contribution < -0.4 is 9.47 Å². The molecule has 5 nitrogen and oxygen atoms in total. The normalized spacial score (nSPS) is 10.6. The third-order valence-corrected chi connectivity index (χ3v) is 3.20. The third kappa shape index (κ3) is 4.23. The van der Waals surface area contributed by atoms with Crippen molar-refractivity contribution in [3.63, 3.8) is 0 Å². The standard InChI is InChI=1S/C16H22N2O3/c1-3-9-20-15-5-4-14(12-19)16(11-15)21-10-8-18-7-6-17-13(18)2/h4-7,11,19H,3,8-10,12H2,1-2H3. The number of aryl methyl sites for hydroxylation is 1. The van der Waals surface area contributed by atoms with Crippen LogP contribution in [0.5, 0.6) is 11.5 Å². The first-order valence-electron chi connectivity index (χ1n) is 7.21. The average Bonchev–Trinajstić information content (AvgIpc) is 2.91. The minimum Gasteiger partial charge on any atom is -0.493 e. The predicted molar refractivity (Wildman–Crippen MR) is 80.6 cm³/mol. The van der Waals surface area contributed by atoms with Crippen LogP contribution in [0, 0.1) is 6.92 Å². The molecule has 0 unspecified atom stereocenters. The van der Waals surface area contributed by atoms with Crippen molar-refractivity contribution >= 4 is 0 Å². The van der Waals surface area contributed by atoms with Crippen molar-refractivity contribution in [3.05, 3.63) is 42.0 Å². The molecule has 0 aliphatic carbocycles. The summed E-state index contributed by atoms with van der Waals surface area (Å²) in [5.41, 5.74) is 0.765. The molecule has 2 rings (SSSR count). The van der Waals surface area contributed by atoms with E-state index in [2.05, 4.69) is 11.9 Å². The molecule has 1 N–H and O–H groups in total. The Kier molecular flexibility index (Phi) is 5.63. The fourth-order valence-corrected chi connectivity index (χ4v) is 2.00. The lowest BCUT2D eigenvalue weighted by atomic mass is 10.2. The minimum atomic E-state index is -0.0481. The second kappa shape index (κ2) is 7.69. The van der Waals surface area contributed by atoms with Crippen LogP contribution in [0.4, 0.5) is 0 Å². The number of ether oxygens (including phenoxy) is 2. The number of aromatic nitrogens is 2. The van der Waals surface area contributed by atoms with E-state index in [-0.39, 0.29) is 6.61 Å². The van der Waals surface area contributed by atoms with Crippen LogP contribution in [-0.2, 0) is 13.2 Å². The van der Waals surface area contributed by atoms with Crippen LogP contribution >= 0.6 is 0 Å². The van der Waals surface area contributed by atoms with Gasteiger partial charge in [0, 0.05) is 24.0 Å². The largest absolute Gasteiger partial charge is 0.493 e. The van der Waals surface area contributed by atoms with Gasteiger partial charge in [-0.25, -0.2) is 4.98 Å². The summed E-state index contributed by atoms with van der Waals surface area (Å²) in [7, 11) is 0. The molecule has 1 heterocycles. The highest BCUT2D eigenvalue weighted by molar-refractivity contribution is 5.40. The maximum absolute atomic E-state index is 9.38. The van der Waals surface area contributed by atoms with Crippen LogP contribution in [0.25, 0.3) is 0 Å². The van der Waals surface area contributed by atoms with E-state index in [1.807, 2.05) is 35.9 Å². The predicted octanol–water partition coefficient (Wildman–Crippen LogP) is 2.55. The van der Waals surface area contributed by atoms with E-state index in [1.165, 1.54) is 0 Å². The number of aliphatic hydroxyl groups is 1. The van der Waals surface area contributed by atoms with Crippen LogP contribution in [0.1, 0.15) is 24.7 Å². The van der Waals surface area contributed by atoms with E-state index in [0.29, 0.717) is 19.0 Å². The van der Waals surface area contributed by atoms with Gasteiger partial charge in [0.25, 0.3) is 0 Å². The van der Waals surface area contributed by atoms with Crippen molar-refractivity contribution in [2.75, 3.05) is 13.2 Å². The number of rotatable bonds is 8. The number of imidazole rings is 1. The number of benzene rings is 1. The van der Waals surface area contributed by atoms with E-state index < -0.39 is 0 Å². The van der Waals surface area contributed by atoms with Gasteiger partial charge in [-0.1, -0.05) is 6.92 Å². The smallest absolute Gasteiger partial charge is 0.128 e. The first-order chi connectivity index (χ1) is 10.2. The van der Waals surface area contributed by atoms with Crippen LogP contribution in [0.2, 0.25) is 0 Å². The molecule has 0 saturated heterocycles. The van der Waals surface area contributed by atoms with E-state index >= 15 is 0 Å². The highest BCUT2D eigenvalue weighted by Gasteiger charge is 2.06. The SMILES string of the molecule is CCCOc1ccc(CO)c(OCCn2ccnc2C)c1. The molecular formula is C16H22N2O3. The summed E-state index contributed by atoms with van der Waals surface area (Å²) in [4.78, 5) is 4.17.